The molecule has 0 aliphatic heterocycles. The number of halogens is 3. The molecule has 1 aromatic rings. The van der Waals surface area contributed by atoms with E-state index in [4.69, 9.17) is 5.73 Å². The highest BCUT2D eigenvalue weighted by Crippen LogP contribution is 2.17. The largest absolute Gasteiger partial charge is 0.491 e. The summed E-state index contributed by atoms with van der Waals surface area (Å²) >= 11 is 0. The predicted octanol–water partition coefficient (Wildman–Crippen LogP) is 0.786. The van der Waals surface area contributed by atoms with Gasteiger partial charge in [0.2, 0.25) is 0 Å². The van der Waals surface area contributed by atoms with Crippen molar-refractivity contribution in [1.29, 1.82) is 0 Å². The van der Waals surface area contributed by atoms with E-state index in [1.807, 2.05) is 0 Å². The van der Waals surface area contributed by atoms with Crippen molar-refractivity contribution in [1.82, 2.24) is 4.98 Å². The van der Waals surface area contributed by atoms with Crippen LogP contribution in [0.3, 0.4) is 0 Å². The third kappa shape index (κ3) is 3.52. The van der Waals surface area contributed by atoms with Crippen LogP contribution in [0.1, 0.15) is 15.9 Å². The smallest absolute Gasteiger partial charge is 0.383 e. The number of ether oxygens (including phenoxy) is 1. The van der Waals surface area contributed by atoms with E-state index in [2.05, 4.69) is 9.72 Å². The van der Waals surface area contributed by atoms with E-state index < -0.39 is 18.1 Å². The van der Waals surface area contributed by atoms with Crippen LogP contribution in [0.25, 0.3) is 0 Å². The van der Waals surface area contributed by atoms with Gasteiger partial charge in [-0.2, -0.15) is 13.2 Å². The Morgan fingerprint density at radius 2 is 2.00 bits per heavy atom. The standard InChI is InChI=1S/C9H7F3N2O3/c10-9(11,12)8(16)17-7(15)6-1-5(2-13)3-14-4-6/h1,3-4H,2,13H2. The minimum Gasteiger partial charge on any atom is -0.383 e. The van der Waals surface area contributed by atoms with Crippen molar-refractivity contribution >= 4 is 11.9 Å². The molecule has 0 spiro atoms. The van der Waals surface area contributed by atoms with Crippen molar-refractivity contribution < 1.29 is 27.5 Å². The molecule has 92 valence electrons. The molecule has 0 atom stereocenters. The van der Waals surface area contributed by atoms with Crippen LogP contribution in [0, 0.1) is 0 Å². The molecular formula is C9H7F3N2O3. The van der Waals surface area contributed by atoms with E-state index >= 15 is 0 Å². The molecule has 0 bridgehead atoms. The van der Waals surface area contributed by atoms with Gasteiger partial charge in [0.05, 0.1) is 5.56 Å². The number of hydrogen-bond donors (Lipinski definition) is 1. The average Bonchev–Trinajstić information content (AvgIpc) is 2.27. The molecule has 1 aromatic heterocycles. The highest BCUT2D eigenvalue weighted by atomic mass is 19.4. The molecule has 0 amide bonds. The second-order valence-corrected chi connectivity index (χ2v) is 2.96. The zero-order chi connectivity index (χ0) is 13.1. The number of carbonyl (C=O) groups is 2. The summed E-state index contributed by atoms with van der Waals surface area (Å²) in [6.07, 6.45) is -2.90. The third-order valence-electron chi connectivity index (χ3n) is 1.68. The predicted molar refractivity (Wildman–Crippen MR) is 48.6 cm³/mol. The summed E-state index contributed by atoms with van der Waals surface area (Å²) in [7, 11) is 0. The number of aromatic nitrogens is 1. The number of alkyl halides is 3. The molecule has 0 saturated carbocycles. The van der Waals surface area contributed by atoms with Gasteiger partial charge in [0.1, 0.15) is 0 Å². The first-order valence-electron chi connectivity index (χ1n) is 4.32. The highest BCUT2D eigenvalue weighted by molar-refractivity contribution is 5.98. The maximum absolute atomic E-state index is 11.8. The lowest BCUT2D eigenvalue weighted by atomic mass is 10.2. The van der Waals surface area contributed by atoms with Crippen LogP contribution in [0.15, 0.2) is 18.5 Å². The van der Waals surface area contributed by atoms with Gasteiger partial charge in [-0.05, 0) is 11.6 Å². The second-order valence-electron chi connectivity index (χ2n) is 2.96. The topological polar surface area (TPSA) is 82.3 Å². The van der Waals surface area contributed by atoms with E-state index in [0.29, 0.717) is 5.56 Å². The van der Waals surface area contributed by atoms with Gasteiger partial charge in [0.15, 0.2) is 0 Å². The Labute approximate surface area is 93.4 Å². The quantitative estimate of drug-likeness (QED) is 0.618. The van der Waals surface area contributed by atoms with Crippen LogP contribution in [-0.4, -0.2) is 23.1 Å². The van der Waals surface area contributed by atoms with Gasteiger partial charge >= 0.3 is 18.1 Å². The van der Waals surface area contributed by atoms with Crippen molar-refractivity contribution in [2.45, 2.75) is 12.7 Å². The van der Waals surface area contributed by atoms with Crippen LogP contribution in [-0.2, 0) is 16.1 Å². The molecule has 0 radical (unpaired) electrons. The Hall–Kier alpha value is -1.96. The fraction of sp³-hybridized carbons (Fsp3) is 0.222. The number of pyridine rings is 1. The third-order valence-corrected chi connectivity index (χ3v) is 1.68. The van der Waals surface area contributed by atoms with Gasteiger partial charge in [-0.1, -0.05) is 0 Å². The Morgan fingerprint density at radius 1 is 1.35 bits per heavy atom. The van der Waals surface area contributed by atoms with E-state index in [9.17, 15) is 22.8 Å². The first kappa shape index (κ1) is 13.1. The molecule has 17 heavy (non-hydrogen) atoms. The number of hydrogen-bond acceptors (Lipinski definition) is 5. The molecule has 8 heteroatoms. The molecule has 0 unspecified atom stereocenters. The maximum Gasteiger partial charge on any atom is 0.491 e. The molecule has 0 aliphatic rings. The van der Waals surface area contributed by atoms with Crippen LogP contribution in [0.5, 0.6) is 0 Å². The van der Waals surface area contributed by atoms with Gasteiger partial charge < -0.3 is 10.5 Å². The lowest BCUT2D eigenvalue weighted by Gasteiger charge is -2.05. The summed E-state index contributed by atoms with van der Waals surface area (Å²) < 4.78 is 39.0. The fourth-order valence-electron chi connectivity index (χ4n) is 0.912. The monoisotopic (exact) mass is 248 g/mol. The number of carbonyl (C=O) groups excluding carboxylic acids is 2. The minimum atomic E-state index is -5.21. The van der Waals surface area contributed by atoms with Crippen LogP contribution < -0.4 is 5.73 Å². The summed E-state index contributed by atoms with van der Waals surface area (Å²) in [4.78, 5) is 25.1. The van der Waals surface area contributed by atoms with Crippen molar-refractivity contribution in [3.05, 3.63) is 29.6 Å². The summed E-state index contributed by atoms with van der Waals surface area (Å²) in [6, 6.07) is 1.19. The van der Waals surface area contributed by atoms with Gasteiger partial charge in [-0.15, -0.1) is 0 Å². The molecular weight excluding hydrogens is 241 g/mol. The summed E-state index contributed by atoms with van der Waals surface area (Å²) in [5, 5.41) is 0. The summed E-state index contributed by atoms with van der Waals surface area (Å²) in [5.41, 5.74) is 5.41. The van der Waals surface area contributed by atoms with Crippen molar-refractivity contribution in [3.8, 4) is 0 Å². The fourth-order valence-corrected chi connectivity index (χ4v) is 0.912. The maximum atomic E-state index is 11.8. The molecule has 0 fully saturated rings. The average molecular weight is 248 g/mol. The summed E-state index contributed by atoms with van der Waals surface area (Å²) in [5.74, 6) is -3.99. The van der Waals surface area contributed by atoms with E-state index in [-0.39, 0.29) is 12.1 Å². The molecule has 1 rings (SSSR count). The first-order chi connectivity index (χ1) is 7.84. The van der Waals surface area contributed by atoms with Gasteiger partial charge in [0.25, 0.3) is 0 Å². The van der Waals surface area contributed by atoms with Gasteiger partial charge in [0, 0.05) is 18.9 Å². The molecule has 2 N–H and O–H groups in total. The Bertz CT molecular complexity index is 445. The van der Waals surface area contributed by atoms with E-state index in [0.717, 1.165) is 6.20 Å². The lowest BCUT2D eigenvalue weighted by molar-refractivity contribution is -0.193. The zero-order valence-electron chi connectivity index (χ0n) is 8.32. The first-order valence-corrected chi connectivity index (χ1v) is 4.32. The van der Waals surface area contributed by atoms with Crippen LogP contribution in [0.4, 0.5) is 13.2 Å². The number of nitrogens with zero attached hydrogens (tertiary/aromatic N) is 1. The second kappa shape index (κ2) is 4.91. The van der Waals surface area contributed by atoms with Crippen LogP contribution >= 0.6 is 0 Å². The highest BCUT2D eigenvalue weighted by Gasteiger charge is 2.42. The number of nitrogens with two attached hydrogens (primary N) is 1. The lowest BCUT2D eigenvalue weighted by Crippen LogP contribution is -2.28. The molecule has 0 saturated heterocycles. The minimum absolute atomic E-state index is 0.0569. The van der Waals surface area contributed by atoms with Crippen molar-refractivity contribution in [2.75, 3.05) is 0 Å². The van der Waals surface area contributed by atoms with E-state index in [1.165, 1.54) is 12.3 Å². The normalized spacial score (nSPS) is 11.1. The molecule has 1 heterocycles. The van der Waals surface area contributed by atoms with Crippen LogP contribution in [0.2, 0.25) is 0 Å². The SMILES string of the molecule is NCc1cncc(C(=O)OC(=O)C(F)(F)F)c1. The Morgan fingerprint density at radius 3 is 2.53 bits per heavy atom. The summed E-state index contributed by atoms with van der Waals surface area (Å²) in [6.45, 7) is 0.0569. The van der Waals surface area contributed by atoms with Crippen molar-refractivity contribution in [3.63, 3.8) is 0 Å². The Balaban J connectivity index is 2.80. The van der Waals surface area contributed by atoms with Crippen molar-refractivity contribution in [2.24, 2.45) is 5.73 Å². The number of esters is 2. The molecule has 5 nitrogen and oxygen atoms in total. The Kier molecular flexibility index (Phi) is 3.79. The number of rotatable bonds is 2. The molecule has 0 aliphatic carbocycles. The van der Waals surface area contributed by atoms with E-state index in [1.54, 1.807) is 0 Å². The van der Waals surface area contributed by atoms with Gasteiger partial charge in [-0.3, -0.25) is 4.98 Å². The zero-order valence-corrected chi connectivity index (χ0v) is 8.32. The molecule has 0 aromatic carbocycles. The van der Waals surface area contributed by atoms with Gasteiger partial charge in [-0.25, -0.2) is 9.59 Å².